The Morgan fingerprint density at radius 1 is 1.21 bits per heavy atom. The predicted octanol–water partition coefficient (Wildman–Crippen LogP) is 3.36. The largest absolute Gasteiger partial charge is 0.271 e. The van der Waals surface area contributed by atoms with Crippen LogP contribution in [0.3, 0.4) is 0 Å². The molecule has 0 spiro atoms. The van der Waals surface area contributed by atoms with Crippen molar-refractivity contribution in [1.29, 1.82) is 0 Å². The highest BCUT2D eigenvalue weighted by Crippen LogP contribution is 2.07. The minimum absolute atomic E-state index is 0.205. The van der Waals surface area contributed by atoms with Gasteiger partial charge in [-0.15, -0.1) is 0 Å². The first-order valence-electron chi connectivity index (χ1n) is 5.81. The van der Waals surface area contributed by atoms with Crippen LogP contribution in [0.15, 0.2) is 53.6 Å². The van der Waals surface area contributed by atoms with Crippen LogP contribution in [0.2, 0.25) is 0 Å². The van der Waals surface area contributed by atoms with Crippen molar-refractivity contribution in [2.45, 2.75) is 6.92 Å². The van der Waals surface area contributed by atoms with E-state index in [-0.39, 0.29) is 5.91 Å². The summed E-state index contributed by atoms with van der Waals surface area (Å²) < 4.78 is 1.02. The van der Waals surface area contributed by atoms with E-state index in [1.807, 2.05) is 49.4 Å². The van der Waals surface area contributed by atoms with E-state index in [9.17, 15) is 4.79 Å². The molecule has 0 radical (unpaired) electrons. The Labute approximate surface area is 125 Å². The fraction of sp³-hybridized carbons (Fsp3) is 0.0667. The van der Waals surface area contributed by atoms with Crippen LogP contribution >= 0.6 is 22.6 Å². The van der Waals surface area contributed by atoms with Gasteiger partial charge in [-0.3, -0.25) is 4.79 Å². The van der Waals surface area contributed by atoms with E-state index in [1.54, 1.807) is 12.3 Å². The molecule has 0 unspecified atom stereocenters. The molecule has 2 rings (SSSR count). The van der Waals surface area contributed by atoms with Gasteiger partial charge in [-0.05, 0) is 58.8 Å². The molecule has 0 atom stereocenters. The Morgan fingerprint density at radius 2 is 2.00 bits per heavy atom. The third kappa shape index (κ3) is 3.89. The standard InChI is InChI=1S/C15H13IN2O/c1-11-5-2-3-6-13(11)10-17-18-15(19)12-7-4-8-14(16)9-12/h2-10H,1H3,(H,18,19). The van der Waals surface area contributed by atoms with E-state index in [1.165, 1.54) is 0 Å². The molecule has 1 amide bonds. The zero-order valence-electron chi connectivity index (χ0n) is 10.4. The van der Waals surface area contributed by atoms with Crippen molar-refractivity contribution in [3.8, 4) is 0 Å². The number of amides is 1. The second-order valence-electron chi connectivity index (χ2n) is 4.07. The number of hydrogen-bond acceptors (Lipinski definition) is 2. The molecular formula is C15H13IN2O. The average molecular weight is 364 g/mol. The Morgan fingerprint density at radius 3 is 2.74 bits per heavy atom. The summed E-state index contributed by atoms with van der Waals surface area (Å²) in [6.07, 6.45) is 1.65. The van der Waals surface area contributed by atoms with Gasteiger partial charge in [0.25, 0.3) is 5.91 Å². The highest BCUT2D eigenvalue weighted by atomic mass is 127. The van der Waals surface area contributed by atoms with Crippen LogP contribution in [-0.4, -0.2) is 12.1 Å². The summed E-state index contributed by atoms with van der Waals surface area (Å²) in [5, 5.41) is 3.98. The summed E-state index contributed by atoms with van der Waals surface area (Å²) in [6, 6.07) is 15.2. The SMILES string of the molecule is Cc1ccccc1C=NNC(=O)c1cccc(I)c1. The summed E-state index contributed by atoms with van der Waals surface area (Å²) in [5.74, 6) is -0.205. The molecule has 2 aromatic rings. The lowest BCUT2D eigenvalue weighted by molar-refractivity contribution is 0.0955. The van der Waals surface area contributed by atoms with E-state index in [2.05, 4.69) is 33.1 Å². The number of carbonyl (C=O) groups is 1. The van der Waals surface area contributed by atoms with Gasteiger partial charge < -0.3 is 0 Å². The number of hydrogen-bond donors (Lipinski definition) is 1. The van der Waals surface area contributed by atoms with E-state index >= 15 is 0 Å². The Hall–Kier alpha value is -1.69. The quantitative estimate of drug-likeness (QED) is 0.507. The first-order valence-corrected chi connectivity index (χ1v) is 6.89. The highest BCUT2D eigenvalue weighted by Gasteiger charge is 2.03. The smallest absolute Gasteiger partial charge is 0.267 e. The molecule has 19 heavy (non-hydrogen) atoms. The van der Waals surface area contributed by atoms with Crippen molar-refractivity contribution in [2.24, 2.45) is 5.10 Å². The summed E-state index contributed by atoms with van der Waals surface area (Å²) >= 11 is 2.17. The van der Waals surface area contributed by atoms with E-state index in [0.29, 0.717) is 5.56 Å². The highest BCUT2D eigenvalue weighted by molar-refractivity contribution is 14.1. The Balaban J connectivity index is 2.03. The molecule has 0 aliphatic carbocycles. The number of carbonyl (C=O) groups excluding carboxylic acids is 1. The van der Waals surface area contributed by atoms with Crippen LogP contribution in [0.5, 0.6) is 0 Å². The molecule has 0 aromatic heterocycles. The van der Waals surface area contributed by atoms with Crippen LogP contribution in [0.1, 0.15) is 21.5 Å². The lowest BCUT2D eigenvalue weighted by Crippen LogP contribution is -2.17. The van der Waals surface area contributed by atoms with E-state index in [4.69, 9.17) is 0 Å². The van der Waals surface area contributed by atoms with Gasteiger partial charge in [-0.1, -0.05) is 30.3 Å². The van der Waals surface area contributed by atoms with Crippen molar-refractivity contribution in [3.05, 3.63) is 68.8 Å². The zero-order valence-corrected chi connectivity index (χ0v) is 12.6. The van der Waals surface area contributed by atoms with Crippen LogP contribution in [0.4, 0.5) is 0 Å². The molecular weight excluding hydrogens is 351 g/mol. The minimum Gasteiger partial charge on any atom is -0.267 e. The first-order chi connectivity index (χ1) is 9.16. The van der Waals surface area contributed by atoms with Gasteiger partial charge in [-0.2, -0.15) is 5.10 Å². The van der Waals surface area contributed by atoms with Crippen LogP contribution in [0.25, 0.3) is 0 Å². The van der Waals surface area contributed by atoms with Crippen molar-refractivity contribution < 1.29 is 4.79 Å². The molecule has 96 valence electrons. The van der Waals surface area contributed by atoms with Gasteiger partial charge in [-0.25, -0.2) is 5.43 Å². The fourth-order valence-corrected chi connectivity index (χ4v) is 2.13. The molecule has 2 aromatic carbocycles. The fourth-order valence-electron chi connectivity index (χ4n) is 1.59. The van der Waals surface area contributed by atoms with E-state index in [0.717, 1.165) is 14.7 Å². The average Bonchev–Trinajstić information content (AvgIpc) is 2.41. The molecule has 0 aliphatic heterocycles. The van der Waals surface area contributed by atoms with Gasteiger partial charge >= 0.3 is 0 Å². The molecule has 0 aliphatic rings. The normalized spacial score (nSPS) is 10.6. The topological polar surface area (TPSA) is 41.5 Å². The number of hydrazone groups is 1. The van der Waals surface area contributed by atoms with Crippen LogP contribution in [-0.2, 0) is 0 Å². The predicted molar refractivity (Wildman–Crippen MR) is 85.4 cm³/mol. The summed E-state index contributed by atoms with van der Waals surface area (Å²) in [4.78, 5) is 11.8. The molecule has 0 saturated carbocycles. The Bertz CT molecular complexity index is 623. The van der Waals surface area contributed by atoms with Crippen molar-refractivity contribution >= 4 is 34.7 Å². The molecule has 4 heteroatoms. The van der Waals surface area contributed by atoms with Crippen LogP contribution < -0.4 is 5.43 Å². The molecule has 0 saturated heterocycles. The molecule has 3 nitrogen and oxygen atoms in total. The lowest BCUT2D eigenvalue weighted by atomic mass is 10.1. The third-order valence-corrected chi connectivity index (χ3v) is 3.32. The monoisotopic (exact) mass is 364 g/mol. The lowest BCUT2D eigenvalue weighted by Gasteiger charge is -2.01. The van der Waals surface area contributed by atoms with Gasteiger partial charge in [0.2, 0.25) is 0 Å². The number of benzene rings is 2. The van der Waals surface area contributed by atoms with Crippen LogP contribution in [0, 0.1) is 10.5 Å². The van der Waals surface area contributed by atoms with Crippen molar-refractivity contribution in [1.82, 2.24) is 5.43 Å². The molecule has 0 bridgehead atoms. The molecule has 0 fully saturated rings. The summed E-state index contributed by atoms with van der Waals surface area (Å²) in [6.45, 7) is 2.00. The number of halogens is 1. The number of rotatable bonds is 3. The second-order valence-corrected chi connectivity index (χ2v) is 5.31. The Kier molecular flexibility index (Phi) is 4.68. The molecule has 0 heterocycles. The third-order valence-electron chi connectivity index (χ3n) is 2.64. The maximum absolute atomic E-state index is 11.8. The maximum atomic E-state index is 11.8. The number of aryl methyl sites for hydroxylation is 1. The van der Waals surface area contributed by atoms with Crippen molar-refractivity contribution in [2.75, 3.05) is 0 Å². The second kappa shape index (κ2) is 6.47. The van der Waals surface area contributed by atoms with Crippen molar-refractivity contribution in [3.63, 3.8) is 0 Å². The maximum Gasteiger partial charge on any atom is 0.271 e. The first kappa shape index (κ1) is 13.7. The summed E-state index contributed by atoms with van der Waals surface area (Å²) in [5.41, 5.74) is 5.25. The number of nitrogens with one attached hydrogen (secondary N) is 1. The summed E-state index contributed by atoms with van der Waals surface area (Å²) in [7, 11) is 0. The minimum atomic E-state index is -0.205. The zero-order chi connectivity index (χ0) is 13.7. The molecule has 1 N–H and O–H groups in total. The van der Waals surface area contributed by atoms with Gasteiger partial charge in [0, 0.05) is 9.13 Å². The van der Waals surface area contributed by atoms with Gasteiger partial charge in [0.05, 0.1) is 6.21 Å². The van der Waals surface area contributed by atoms with Gasteiger partial charge in [0.15, 0.2) is 0 Å². The van der Waals surface area contributed by atoms with Gasteiger partial charge in [0.1, 0.15) is 0 Å². The number of nitrogens with zero attached hydrogens (tertiary/aromatic N) is 1. The van der Waals surface area contributed by atoms with E-state index < -0.39 is 0 Å².